The van der Waals surface area contributed by atoms with Gasteiger partial charge < -0.3 is 20.4 Å². The molecule has 3 aromatic rings. The van der Waals surface area contributed by atoms with Crippen molar-refractivity contribution in [1.82, 2.24) is 10.3 Å². The van der Waals surface area contributed by atoms with E-state index in [4.69, 9.17) is 4.74 Å². The molecular formula is C20H21N3O2. The number of amides is 2. The number of anilines is 1. The number of aromatic amines is 1. The number of fused-ring (bicyclic) bond motifs is 1. The van der Waals surface area contributed by atoms with Crippen molar-refractivity contribution in [2.24, 2.45) is 0 Å². The Labute approximate surface area is 146 Å². The van der Waals surface area contributed by atoms with Gasteiger partial charge in [0, 0.05) is 35.3 Å². The number of hydrogen-bond acceptors (Lipinski definition) is 2. The number of H-pyrrole nitrogens is 1. The molecule has 25 heavy (non-hydrogen) atoms. The van der Waals surface area contributed by atoms with Crippen LogP contribution in [0.3, 0.4) is 0 Å². The van der Waals surface area contributed by atoms with Gasteiger partial charge in [0.05, 0.1) is 11.8 Å². The van der Waals surface area contributed by atoms with Crippen molar-refractivity contribution in [2.75, 3.05) is 18.5 Å². The molecule has 5 heteroatoms. The molecule has 0 unspecified atom stereocenters. The lowest BCUT2D eigenvalue weighted by Gasteiger charge is -2.13. The maximum atomic E-state index is 12.2. The summed E-state index contributed by atoms with van der Waals surface area (Å²) in [5, 5.41) is 6.99. The fourth-order valence-corrected chi connectivity index (χ4v) is 3.22. The number of para-hydroxylation sites is 2. The van der Waals surface area contributed by atoms with Crippen molar-refractivity contribution >= 4 is 22.6 Å². The number of hydrogen-bond donors (Lipinski definition) is 3. The van der Waals surface area contributed by atoms with E-state index >= 15 is 0 Å². The number of benzene rings is 2. The monoisotopic (exact) mass is 335 g/mol. The molecule has 2 amide bonds. The van der Waals surface area contributed by atoms with Gasteiger partial charge in [-0.2, -0.15) is 0 Å². The lowest BCUT2D eigenvalue weighted by Crippen LogP contribution is -2.35. The van der Waals surface area contributed by atoms with Crippen LogP contribution in [0, 0.1) is 0 Å². The average Bonchev–Trinajstić information content (AvgIpc) is 3.30. The van der Waals surface area contributed by atoms with E-state index in [1.807, 2.05) is 42.5 Å². The first-order chi connectivity index (χ1) is 12.3. The third-order valence-corrected chi connectivity index (χ3v) is 4.51. The summed E-state index contributed by atoms with van der Waals surface area (Å²) >= 11 is 0. The van der Waals surface area contributed by atoms with Gasteiger partial charge in [-0.3, -0.25) is 0 Å². The van der Waals surface area contributed by atoms with Crippen molar-refractivity contribution in [3.05, 3.63) is 54.6 Å². The Kier molecular flexibility index (Phi) is 4.39. The quantitative estimate of drug-likeness (QED) is 0.671. The fourth-order valence-electron chi connectivity index (χ4n) is 3.22. The van der Waals surface area contributed by atoms with E-state index in [9.17, 15) is 4.79 Å². The fraction of sp³-hybridized carbons (Fsp3) is 0.250. The van der Waals surface area contributed by atoms with Gasteiger partial charge in [-0.05, 0) is 31.0 Å². The highest BCUT2D eigenvalue weighted by Gasteiger charge is 2.16. The first-order valence-electron chi connectivity index (χ1n) is 8.63. The zero-order chi connectivity index (χ0) is 17.1. The largest absolute Gasteiger partial charge is 0.376 e. The Morgan fingerprint density at radius 3 is 2.84 bits per heavy atom. The highest BCUT2D eigenvalue weighted by Crippen LogP contribution is 2.29. The van der Waals surface area contributed by atoms with E-state index in [2.05, 4.69) is 27.8 Å². The number of carbonyl (C=O) groups is 1. The molecule has 1 saturated heterocycles. The van der Waals surface area contributed by atoms with Crippen LogP contribution in [-0.2, 0) is 4.74 Å². The van der Waals surface area contributed by atoms with Gasteiger partial charge in [0.25, 0.3) is 0 Å². The summed E-state index contributed by atoms with van der Waals surface area (Å²) in [5.41, 5.74) is 3.80. The number of carbonyl (C=O) groups excluding carboxylic acids is 1. The second-order valence-electron chi connectivity index (χ2n) is 6.29. The SMILES string of the molecule is O=C(NC[C@H]1CCCO1)Nc1ccccc1-c1cc2ccccc2[nH]1. The second-order valence-corrected chi connectivity index (χ2v) is 6.29. The maximum Gasteiger partial charge on any atom is 0.319 e. The first-order valence-corrected chi connectivity index (χ1v) is 8.63. The molecule has 4 rings (SSSR count). The Morgan fingerprint density at radius 2 is 2.00 bits per heavy atom. The van der Waals surface area contributed by atoms with Gasteiger partial charge >= 0.3 is 6.03 Å². The van der Waals surface area contributed by atoms with Crippen molar-refractivity contribution in [2.45, 2.75) is 18.9 Å². The molecule has 0 radical (unpaired) electrons. The summed E-state index contributed by atoms with van der Waals surface area (Å²) < 4.78 is 5.53. The van der Waals surface area contributed by atoms with Crippen molar-refractivity contribution in [3.8, 4) is 11.3 Å². The van der Waals surface area contributed by atoms with E-state index in [0.29, 0.717) is 6.54 Å². The van der Waals surface area contributed by atoms with Crippen LogP contribution in [0.25, 0.3) is 22.2 Å². The third kappa shape index (κ3) is 3.51. The second kappa shape index (κ2) is 6.99. The van der Waals surface area contributed by atoms with Gasteiger partial charge in [-0.25, -0.2) is 4.79 Å². The summed E-state index contributed by atoms with van der Waals surface area (Å²) in [4.78, 5) is 15.6. The number of nitrogens with one attached hydrogen (secondary N) is 3. The highest BCUT2D eigenvalue weighted by molar-refractivity contribution is 5.96. The van der Waals surface area contributed by atoms with E-state index in [-0.39, 0.29) is 12.1 Å². The van der Waals surface area contributed by atoms with Gasteiger partial charge in [0.15, 0.2) is 0 Å². The predicted octanol–water partition coefficient (Wildman–Crippen LogP) is 4.14. The zero-order valence-electron chi connectivity index (χ0n) is 13.9. The average molecular weight is 335 g/mol. The van der Waals surface area contributed by atoms with Crippen LogP contribution in [0.15, 0.2) is 54.6 Å². The van der Waals surface area contributed by atoms with E-state index in [1.165, 1.54) is 0 Å². The van der Waals surface area contributed by atoms with Crippen LogP contribution >= 0.6 is 0 Å². The Morgan fingerprint density at radius 1 is 1.16 bits per heavy atom. The molecule has 2 aromatic carbocycles. The molecule has 1 aromatic heterocycles. The third-order valence-electron chi connectivity index (χ3n) is 4.51. The molecular weight excluding hydrogens is 314 g/mol. The van der Waals surface area contributed by atoms with Gasteiger partial charge in [-0.15, -0.1) is 0 Å². The first kappa shape index (κ1) is 15.7. The molecule has 1 aliphatic rings. The topological polar surface area (TPSA) is 66.2 Å². The molecule has 5 nitrogen and oxygen atoms in total. The van der Waals surface area contributed by atoms with Gasteiger partial charge in [0.1, 0.15) is 0 Å². The molecule has 0 bridgehead atoms. The minimum Gasteiger partial charge on any atom is -0.376 e. The van der Waals surface area contributed by atoms with Gasteiger partial charge in [-0.1, -0.05) is 36.4 Å². The Balaban J connectivity index is 1.51. The molecule has 0 saturated carbocycles. The minimum absolute atomic E-state index is 0.134. The van der Waals surface area contributed by atoms with Crippen LogP contribution < -0.4 is 10.6 Å². The standard InChI is InChI=1S/C20H21N3O2/c24-20(21-13-15-7-5-11-25-15)23-18-10-4-2-8-16(18)19-12-14-6-1-3-9-17(14)22-19/h1-4,6,8-10,12,15,22H,5,7,11,13H2,(H2,21,23,24)/t15-/m1/s1. The molecule has 2 heterocycles. The highest BCUT2D eigenvalue weighted by atomic mass is 16.5. The lowest BCUT2D eigenvalue weighted by atomic mass is 10.1. The normalized spacial score (nSPS) is 16.9. The van der Waals surface area contributed by atoms with E-state index in [0.717, 1.165) is 47.3 Å². The van der Waals surface area contributed by atoms with Crippen molar-refractivity contribution < 1.29 is 9.53 Å². The molecule has 0 aliphatic carbocycles. The summed E-state index contributed by atoms with van der Waals surface area (Å²) in [6, 6.07) is 17.8. The molecule has 1 fully saturated rings. The van der Waals surface area contributed by atoms with E-state index < -0.39 is 0 Å². The smallest absolute Gasteiger partial charge is 0.319 e. The van der Waals surface area contributed by atoms with Crippen LogP contribution in [0.5, 0.6) is 0 Å². The molecule has 1 atom stereocenters. The zero-order valence-corrected chi connectivity index (χ0v) is 13.9. The van der Waals surface area contributed by atoms with Crippen molar-refractivity contribution in [1.29, 1.82) is 0 Å². The summed E-state index contributed by atoms with van der Waals surface area (Å²) in [5.74, 6) is 0. The van der Waals surface area contributed by atoms with Crippen LogP contribution in [0.1, 0.15) is 12.8 Å². The number of rotatable bonds is 4. The van der Waals surface area contributed by atoms with E-state index in [1.54, 1.807) is 0 Å². The van der Waals surface area contributed by atoms with Crippen LogP contribution in [0.2, 0.25) is 0 Å². The van der Waals surface area contributed by atoms with Crippen LogP contribution in [-0.4, -0.2) is 30.3 Å². The number of urea groups is 1. The predicted molar refractivity (Wildman–Crippen MR) is 99.7 cm³/mol. The molecule has 0 spiro atoms. The Bertz CT molecular complexity index is 848. The lowest BCUT2D eigenvalue weighted by molar-refractivity contribution is 0.112. The summed E-state index contributed by atoms with van der Waals surface area (Å²) in [6.07, 6.45) is 2.21. The van der Waals surface area contributed by atoms with Crippen LogP contribution in [0.4, 0.5) is 10.5 Å². The van der Waals surface area contributed by atoms with Gasteiger partial charge in [0.2, 0.25) is 0 Å². The minimum atomic E-state index is -0.209. The Hall–Kier alpha value is -2.79. The summed E-state index contributed by atoms with van der Waals surface area (Å²) in [7, 11) is 0. The van der Waals surface area contributed by atoms with Crippen molar-refractivity contribution in [3.63, 3.8) is 0 Å². The molecule has 128 valence electrons. The molecule has 3 N–H and O–H groups in total. The summed E-state index contributed by atoms with van der Waals surface area (Å²) in [6.45, 7) is 1.33. The number of aromatic nitrogens is 1. The maximum absolute atomic E-state index is 12.2. The number of ether oxygens (including phenoxy) is 1. The molecule has 1 aliphatic heterocycles.